The van der Waals surface area contributed by atoms with Crippen LogP contribution in [0.4, 0.5) is 13.2 Å². The Morgan fingerprint density at radius 1 is 0.929 bits per heavy atom. The normalized spacial score (nSPS) is 16.3. The van der Waals surface area contributed by atoms with E-state index in [1.165, 1.54) is 0 Å². The van der Waals surface area contributed by atoms with E-state index in [4.69, 9.17) is 9.47 Å². The molecule has 1 unspecified atom stereocenters. The van der Waals surface area contributed by atoms with Crippen molar-refractivity contribution in [2.45, 2.75) is 31.8 Å². The first kappa shape index (κ1) is 19.9. The fourth-order valence-corrected chi connectivity index (χ4v) is 2.87. The van der Waals surface area contributed by atoms with Gasteiger partial charge in [0.15, 0.2) is 0 Å². The number of benzene rings is 2. The van der Waals surface area contributed by atoms with Crippen molar-refractivity contribution in [1.29, 1.82) is 0 Å². The van der Waals surface area contributed by atoms with Gasteiger partial charge in [-0.3, -0.25) is 0 Å². The molecule has 0 bridgehead atoms. The van der Waals surface area contributed by atoms with Gasteiger partial charge >= 0.3 is 6.18 Å². The van der Waals surface area contributed by atoms with Crippen molar-refractivity contribution in [3.05, 3.63) is 59.7 Å². The van der Waals surface area contributed by atoms with Gasteiger partial charge in [0.25, 0.3) is 0 Å². The monoisotopic (exact) mass is 394 g/mol. The molecular weight excluding hydrogens is 373 g/mol. The van der Waals surface area contributed by atoms with E-state index >= 15 is 0 Å². The SMILES string of the molecule is COc1ccc(CN(Cc2ccc(OC)cc2)C2=NOC(C(F)(F)F)C2)cc1. The fraction of sp³-hybridized carbons (Fsp3) is 0.350. The highest BCUT2D eigenvalue weighted by molar-refractivity contribution is 5.83. The Bertz CT molecular complexity index is 755. The molecule has 0 saturated heterocycles. The second-order valence-electron chi connectivity index (χ2n) is 6.40. The van der Waals surface area contributed by atoms with E-state index in [2.05, 4.69) is 9.99 Å². The van der Waals surface area contributed by atoms with Crippen molar-refractivity contribution < 1.29 is 27.5 Å². The molecular formula is C20H21F3N2O3. The highest BCUT2D eigenvalue weighted by Gasteiger charge is 2.46. The minimum Gasteiger partial charge on any atom is -0.497 e. The molecule has 1 aliphatic rings. The van der Waals surface area contributed by atoms with Crippen LogP contribution in [-0.2, 0) is 17.9 Å². The predicted molar refractivity (Wildman–Crippen MR) is 98.2 cm³/mol. The number of oxime groups is 1. The molecule has 0 aliphatic carbocycles. The van der Waals surface area contributed by atoms with Gasteiger partial charge in [-0.2, -0.15) is 13.2 Å². The maximum absolute atomic E-state index is 13.0. The summed E-state index contributed by atoms with van der Waals surface area (Å²) in [5, 5.41) is 3.72. The van der Waals surface area contributed by atoms with E-state index in [0.29, 0.717) is 24.6 Å². The van der Waals surface area contributed by atoms with Gasteiger partial charge in [-0.05, 0) is 35.4 Å². The summed E-state index contributed by atoms with van der Waals surface area (Å²) in [5.41, 5.74) is 1.85. The molecule has 28 heavy (non-hydrogen) atoms. The van der Waals surface area contributed by atoms with Gasteiger partial charge in [0.2, 0.25) is 6.10 Å². The minimum absolute atomic E-state index is 0.272. The quantitative estimate of drug-likeness (QED) is 0.730. The predicted octanol–water partition coefficient (Wildman–Crippen LogP) is 4.37. The van der Waals surface area contributed by atoms with E-state index in [1.54, 1.807) is 19.1 Å². The molecule has 1 atom stereocenters. The van der Waals surface area contributed by atoms with Gasteiger partial charge in [0.05, 0.1) is 20.6 Å². The second kappa shape index (κ2) is 8.41. The van der Waals surface area contributed by atoms with Crippen LogP contribution in [0.15, 0.2) is 53.7 Å². The molecule has 1 heterocycles. The number of nitrogens with zero attached hydrogens (tertiary/aromatic N) is 2. The third-order valence-corrected chi connectivity index (χ3v) is 4.45. The lowest BCUT2D eigenvalue weighted by atomic mass is 10.1. The van der Waals surface area contributed by atoms with E-state index in [1.807, 2.05) is 48.5 Å². The molecule has 8 heteroatoms. The van der Waals surface area contributed by atoms with Crippen LogP contribution in [0.5, 0.6) is 11.5 Å². The zero-order chi connectivity index (χ0) is 20.1. The summed E-state index contributed by atoms with van der Waals surface area (Å²) in [5.74, 6) is 1.70. The van der Waals surface area contributed by atoms with E-state index in [9.17, 15) is 13.2 Å². The molecule has 0 saturated carbocycles. The van der Waals surface area contributed by atoms with Gasteiger partial charge in [0.1, 0.15) is 17.3 Å². The molecule has 5 nitrogen and oxygen atoms in total. The first-order chi connectivity index (χ1) is 13.4. The van der Waals surface area contributed by atoms with E-state index in [0.717, 1.165) is 11.1 Å². The van der Waals surface area contributed by atoms with Crippen molar-refractivity contribution in [3.8, 4) is 11.5 Å². The molecule has 3 rings (SSSR count). The average Bonchev–Trinajstić information content (AvgIpc) is 3.19. The Balaban J connectivity index is 1.78. The zero-order valence-electron chi connectivity index (χ0n) is 15.6. The second-order valence-corrected chi connectivity index (χ2v) is 6.40. The van der Waals surface area contributed by atoms with Crippen LogP contribution in [0.1, 0.15) is 17.5 Å². The molecule has 0 N–H and O–H groups in total. The standard InChI is InChI=1S/C20H21F3N2O3/c1-26-16-7-3-14(4-8-16)12-25(13-15-5-9-17(27-2)10-6-15)19-11-18(28-24-19)20(21,22)23/h3-10,18H,11-13H2,1-2H3. The number of halogens is 3. The fourth-order valence-electron chi connectivity index (χ4n) is 2.87. The third kappa shape index (κ3) is 4.88. The summed E-state index contributed by atoms with van der Waals surface area (Å²) in [4.78, 5) is 6.43. The Morgan fingerprint density at radius 3 is 1.75 bits per heavy atom. The Morgan fingerprint density at radius 2 is 1.39 bits per heavy atom. The Kier molecular flexibility index (Phi) is 5.96. The zero-order valence-corrected chi connectivity index (χ0v) is 15.6. The van der Waals surface area contributed by atoms with Crippen LogP contribution in [0, 0.1) is 0 Å². The van der Waals surface area contributed by atoms with Gasteiger partial charge in [0, 0.05) is 13.1 Å². The third-order valence-electron chi connectivity index (χ3n) is 4.45. The van der Waals surface area contributed by atoms with Crippen molar-refractivity contribution in [1.82, 2.24) is 4.90 Å². The first-order valence-electron chi connectivity index (χ1n) is 8.69. The Hall–Kier alpha value is -2.90. The van der Waals surface area contributed by atoms with Gasteiger partial charge in [-0.25, -0.2) is 0 Å². The average molecular weight is 394 g/mol. The van der Waals surface area contributed by atoms with Crippen LogP contribution in [0.2, 0.25) is 0 Å². The summed E-state index contributed by atoms with van der Waals surface area (Å²) < 4.78 is 49.2. The summed E-state index contributed by atoms with van der Waals surface area (Å²) in [6, 6.07) is 14.7. The lowest BCUT2D eigenvalue weighted by molar-refractivity contribution is -0.212. The van der Waals surface area contributed by atoms with Crippen LogP contribution in [0.25, 0.3) is 0 Å². The molecule has 1 aliphatic heterocycles. The number of amidine groups is 1. The molecule has 0 fully saturated rings. The van der Waals surface area contributed by atoms with Gasteiger partial charge in [-0.1, -0.05) is 29.4 Å². The van der Waals surface area contributed by atoms with Crippen molar-refractivity contribution in [2.75, 3.05) is 14.2 Å². The van der Waals surface area contributed by atoms with Crippen molar-refractivity contribution in [2.24, 2.45) is 5.16 Å². The summed E-state index contributed by atoms with van der Waals surface area (Å²) in [6.07, 6.45) is -6.66. The van der Waals surface area contributed by atoms with Crippen LogP contribution >= 0.6 is 0 Å². The molecule has 150 valence electrons. The topological polar surface area (TPSA) is 43.3 Å². The lowest BCUT2D eigenvalue weighted by Crippen LogP contribution is -2.34. The van der Waals surface area contributed by atoms with Crippen molar-refractivity contribution >= 4 is 5.84 Å². The smallest absolute Gasteiger partial charge is 0.428 e. The van der Waals surface area contributed by atoms with Crippen LogP contribution in [0.3, 0.4) is 0 Å². The van der Waals surface area contributed by atoms with Gasteiger partial charge < -0.3 is 19.2 Å². The summed E-state index contributed by atoms with van der Waals surface area (Å²) in [7, 11) is 3.15. The highest BCUT2D eigenvalue weighted by atomic mass is 19.4. The Labute approximate surface area is 161 Å². The molecule has 0 spiro atoms. The molecule has 0 aromatic heterocycles. The minimum atomic E-state index is -4.45. The molecule has 2 aromatic carbocycles. The lowest BCUT2D eigenvalue weighted by Gasteiger charge is -2.24. The summed E-state index contributed by atoms with van der Waals surface area (Å²) in [6.45, 7) is 0.783. The number of hydrogen-bond acceptors (Lipinski definition) is 5. The summed E-state index contributed by atoms with van der Waals surface area (Å²) >= 11 is 0. The molecule has 2 aromatic rings. The number of methoxy groups -OCH3 is 2. The van der Waals surface area contributed by atoms with E-state index in [-0.39, 0.29) is 12.3 Å². The van der Waals surface area contributed by atoms with E-state index < -0.39 is 12.3 Å². The maximum Gasteiger partial charge on any atom is 0.428 e. The molecule has 0 amide bonds. The number of alkyl halides is 3. The van der Waals surface area contributed by atoms with Crippen LogP contribution in [-0.4, -0.2) is 37.2 Å². The van der Waals surface area contributed by atoms with Crippen molar-refractivity contribution in [3.63, 3.8) is 0 Å². The molecule has 0 radical (unpaired) electrons. The number of rotatable bonds is 6. The highest BCUT2D eigenvalue weighted by Crippen LogP contribution is 2.31. The van der Waals surface area contributed by atoms with Crippen LogP contribution < -0.4 is 9.47 Å². The first-order valence-corrected chi connectivity index (χ1v) is 8.69. The maximum atomic E-state index is 13.0. The number of hydrogen-bond donors (Lipinski definition) is 0. The van der Waals surface area contributed by atoms with Gasteiger partial charge in [-0.15, -0.1) is 0 Å². The number of ether oxygens (including phenoxy) is 2. The largest absolute Gasteiger partial charge is 0.497 e.